The van der Waals surface area contributed by atoms with Crippen LogP contribution < -0.4 is 60.6 Å². The van der Waals surface area contributed by atoms with Gasteiger partial charge in [-0.05, 0) is 57.8 Å². The van der Waals surface area contributed by atoms with Crippen molar-refractivity contribution in [2.75, 3.05) is 13.2 Å². The first-order chi connectivity index (χ1) is 30.5. The van der Waals surface area contributed by atoms with Crippen LogP contribution in [-0.2, 0) is 40.0 Å². The summed E-state index contributed by atoms with van der Waals surface area (Å²) in [5.41, 5.74) is 27.4. The summed E-state index contributed by atoms with van der Waals surface area (Å²) in [6, 6.07) is -8.37. The molecule has 0 saturated carbocycles. The molecule has 1 rings (SSSR count). The zero-order valence-electron chi connectivity index (χ0n) is 37.8. The molecule has 0 aliphatic heterocycles. The van der Waals surface area contributed by atoms with E-state index in [-0.39, 0.29) is 68.6 Å². The molecule has 1 aromatic heterocycles. The molecule has 0 radical (unpaired) electrons. The van der Waals surface area contributed by atoms with Gasteiger partial charge >= 0.3 is 0 Å². The molecule has 7 amide bonds. The molecular formula is C40H72N16O9. The van der Waals surface area contributed by atoms with Crippen molar-refractivity contribution in [3.63, 3.8) is 0 Å². The minimum Gasteiger partial charge on any atom is -0.394 e. The van der Waals surface area contributed by atoms with Crippen LogP contribution in [0.2, 0.25) is 0 Å². The van der Waals surface area contributed by atoms with Crippen molar-refractivity contribution in [2.24, 2.45) is 45.5 Å². The zero-order valence-corrected chi connectivity index (χ0v) is 37.8. The molecule has 0 aromatic carbocycles. The van der Waals surface area contributed by atoms with Crippen LogP contribution in [0.25, 0.3) is 0 Å². The first-order valence-electron chi connectivity index (χ1n) is 21.6. The van der Waals surface area contributed by atoms with Gasteiger partial charge in [0.2, 0.25) is 41.4 Å². The third kappa shape index (κ3) is 23.2. The molecule has 25 nitrogen and oxygen atoms in total. The van der Waals surface area contributed by atoms with E-state index in [1.54, 1.807) is 6.92 Å². The lowest BCUT2D eigenvalue weighted by atomic mass is 9.99. The predicted molar refractivity (Wildman–Crippen MR) is 241 cm³/mol. The quantitative estimate of drug-likeness (QED) is 0.0185. The molecule has 25 heteroatoms. The predicted octanol–water partition coefficient (Wildman–Crippen LogP) is -3.55. The number of unbranched alkanes of at least 4 members (excludes halogenated alkanes) is 2. The van der Waals surface area contributed by atoms with Crippen LogP contribution in [0.4, 0.5) is 0 Å². The summed E-state index contributed by atoms with van der Waals surface area (Å²) in [6.45, 7) is 5.65. The monoisotopic (exact) mass is 921 g/mol. The van der Waals surface area contributed by atoms with E-state index < -0.39 is 96.2 Å². The number of nitrogens with one attached hydrogen (secondary N) is 9. The van der Waals surface area contributed by atoms with Gasteiger partial charge < -0.3 is 75.8 Å². The summed E-state index contributed by atoms with van der Waals surface area (Å²) in [7, 11) is 0. The number of amides is 7. The molecule has 0 aliphatic rings. The van der Waals surface area contributed by atoms with Crippen molar-refractivity contribution in [1.82, 2.24) is 41.9 Å². The number of nitrogens with zero attached hydrogens (tertiary/aromatic N) is 2. The van der Waals surface area contributed by atoms with Gasteiger partial charge in [-0.1, -0.05) is 33.6 Å². The van der Waals surface area contributed by atoms with E-state index in [4.69, 9.17) is 39.5 Å². The molecule has 0 unspecified atom stereocenters. The van der Waals surface area contributed by atoms with Gasteiger partial charge in [0, 0.05) is 43.6 Å². The molecule has 1 heterocycles. The van der Waals surface area contributed by atoms with Crippen molar-refractivity contribution in [3.8, 4) is 0 Å². The van der Waals surface area contributed by atoms with Crippen LogP contribution in [0.3, 0.4) is 0 Å². The van der Waals surface area contributed by atoms with Crippen molar-refractivity contribution >= 4 is 59.0 Å². The molecule has 0 bridgehead atoms. The number of hydrogen-bond donors (Lipinski definition) is 16. The lowest BCUT2D eigenvalue weighted by molar-refractivity contribution is -0.137. The third-order valence-corrected chi connectivity index (χ3v) is 10.0. The largest absolute Gasteiger partial charge is 0.394 e. The van der Waals surface area contributed by atoms with Gasteiger partial charge in [-0.25, -0.2) is 4.98 Å². The van der Waals surface area contributed by atoms with E-state index in [0.717, 1.165) is 0 Å². The molecule has 0 fully saturated rings. The van der Waals surface area contributed by atoms with Gasteiger partial charge in [0.1, 0.15) is 36.3 Å². The number of aliphatic hydroxyl groups is 2. The molecule has 8 atom stereocenters. The Morgan fingerprint density at radius 2 is 1.17 bits per heavy atom. The smallest absolute Gasteiger partial charge is 0.245 e. The summed E-state index contributed by atoms with van der Waals surface area (Å²) in [5.74, 6) is -6.63. The highest BCUT2D eigenvalue weighted by atomic mass is 16.3. The van der Waals surface area contributed by atoms with Gasteiger partial charge in [0.15, 0.2) is 5.96 Å². The van der Waals surface area contributed by atoms with Crippen molar-refractivity contribution in [1.29, 1.82) is 10.8 Å². The number of aliphatic imine (C=N–C) groups is 1. The van der Waals surface area contributed by atoms with E-state index >= 15 is 0 Å². The molecule has 366 valence electrons. The number of primary amides is 1. The number of carbonyl (C=O) groups is 7. The minimum atomic E-state index is -1.72. The first-order valence-corrected chi connectivity index (χ1v) is 21.6. The van der Waals surface area contributed by atoms with Crippen LogP contribution in [0.15, 0.2) is 17.5 Å². The maximum atomic E-state index is 14.0. The lowest BCUT2D eigenvalue weighted by Crippen LogP contribution is -2.62. The van der Waals surface area contributed by atoms with Crippen LogP contribution in [0.1, 0.15) is 104 Å². The number of hydrogen-bond acceptors (Lipinski definition) is 13. The van der Waals surface area contributed by atoms with Crippen molar-refractivity contribution in [3.05, 3.63) is 18.2 Å². The van der Waals surface area contributed by atoms with E-state index in [0.29, 0.717) is 44.2 Å². The molecule has 0 spiro atoms. The topological polar surface area (TPSA) is 451 Å². The Labute approximate surface area is 378 Å². The maximum absolute atomic E-state index is 14.0. The number of imidazole rings is 1. The number of guanidine groups is 1. The first kappa shape index (κ1) is 56.6. The van der Waals surface area contributed by atoms with Crippen LogP contribution in [0.5, 0.6) is 0 Å². The summed E-state index contributed by atoms with van der Waals surface area (Å²) < 4.78 is 0. The number of nitrogens with two attached hydrogens (primary N) is 5. The fourth-order valence-electron chi connectivity index (χ4n) is 6.39. The van der Waals surface area contributed by atoms with E-state index in [2.05, 4.69) is 46.9 Å². The van der Waals surface area contributed by atoms with Gasteiger partial charge in [0.05, 0.1) is 30.7 Å². The number of H-pyrrole nitrogens is 1. The zero-order chi connectivity index (χ0) is 49.2. The summed E-state index contributed by atoms with van der Waals surface area (Å²) in [6.07, 6.45) is 4.80. The second kappa shape index (κ2) is 29.9. The molecule has 1 aromatic rings. The van der Waals surface area contributed by atoms with E-state index in [1.807, 2.05) is 13.8 Å². The lowest BCUT2D eigenvalue weighted by Gasteiger charge is -2.28. The SMILES string of the molecule is CC(C)C[C@H](NC(=O)[C@H](CCCCC(=N)N)NC(=O)[C@@H](C)CCCCC(=N)N)C(=O)N[C@@H](Cc1cnc[nH]1)C(=O)N[C@@H](CO)C(=O)N[C@H](C(=O)N[C@@H](CCCN=C(N)N)C(N)=O)[C@@H](C)O. The normalized spacial score (nSPS) is 14.8. The number of rotatable bonds is 33. The Kier molecular flexibility index (Phi) is 26.1. The highest BCUT2D eigenvalue weighted by Gasteiger charge is 2.35. The average Bonchev–Trinajstić information content (AvgIpc) is 3.74. The Morgan fingerprint density at radius 1 is 0.662 bits per heavy atom. The highest BCUT2D eigenvalue weighted by Crippen LogP contribution is 2.13. The number of carbonyl (C=O) groups excluding carboxylic acids is 7. The molecule has 0 saturated heterocycles. The Hall–Kier alpha value is -6.37. The second-order valence-electron chi connectivity index (χ2n) is 16.4. The molecule has 21 N–H and O–H groups in total. The average molecular weight is 921 g/mol. The molecule has 65 heavy (non-hydrogen) atoms. The Bertz CT molecular complexity index is 1750. The molecular weight excluding hydrogens is 849 g/mol. The Balaban J connectivity index is 3.28. The van der Waals surface area contributed by atoms with Gasteiger partial charge in [-0.15, -0.1) is 0 Å². The highest BCUT2D eigenvalue weighted by molar-refractivity contribution is 5.97. The number of aromatic nitrogens is 2. The second-order valence-corrected chi connectivity index (χ2v) is 16.4. The number of aromatic amines is 1. The summed E-state index contributed by atoms with van der Waals surface area (Å²) >= 11 is 0. The molecule has 0 aliphatic carbocycles. The fraction of sp³-hybridized carbons (Fsp3) is 0.675. The standard InChI is InChI=1S/C40H72N16O9/c1-21(2)16-27(53-35(61)26(11-6-8-14-31(43)44)52-34(60)22(3)10-5-7-13-30(41)42)36(62)54-28(17-24-18-48-20-50-24)37(63)55-29(19-57)38(64)56-32(23(4)58)39(65)51-25(33(45)59)12-9-15-49-40(46)47/h18,20-23,25-29,32,57-58H,5-17,19H2,1-4H3,(H3,41,42)(H3,43,44)(H2,45,59)(H,48,50)(H,51,65)(H,52,60)(H,53,61)(H,54,62)(H,55,63)(H,56,64)(H4,46,47,49)/t22-,23+,25-,26-,27-,28-,29-,32-/m0/s1. The fourth-order valence-corrected chi connectivity index (χ4v) is 6.39. The Morgan fingerprint density at radius 3 is 1.69 bits per heavy atom. The van der Waals surface area contributed by atoms with Gasteiger partial charge in [0.25, 0.3) is 0 Å². The van der Waals surface area contributed by atoms with Crippen LogP contribution in [-0.4, -0.2) is 135 Å². The van der Waals surface area contributed by atoms with Crippen molar-refractivity contribution < 1.29 is 43.8 Å². The van der Waals surface area contributed by atoms with Gasteiger partial charge in [-0.3, -0.25) is 49.4 Å². The maximum Gasteiger partial charge on any atom is 0.245 e. The van der Waals surface area contributed by atoms with E-state index in [1.165, 1.54) is 19.4 Å². The van der Waals surface area contributed by atoms with E-state index in [9.17, 15) is 43.8 Å². The van der Waals surface area contributed by atoms with Crippen LogP contribution >= 0.6 is 0 Å². The summed E-state index contributed by atoms with van der Waals surface area (Å²) in [4.78, 5) is 104. The van der Waals surface area contributed by atoms with Crippen molar-refractivity contribution in [2.45, 2.75) is 147 Å². The summed E-state index contributed by atoms with van der Waals surface area (Å²) in [5, 5.41) is 50.7. The number of amidine groups is 2. The minimum absolute atomic E-state index is 0.0161. The number of aliphatic hydroxyl groups excluding tert-OH is 2. The van der Waals surface area contributed by atoms with Gasteiger partial charge in [-0.2, -0.15) is 0 Å². The van der Waals surface area contributed by atoms with Crippen LogP contribution in [0, 0.1) is 22.7 Å². The third-order valence-electron chi connectivity index (χ3n) is 10.0.